The van der Waals surface area contributed by atoms with Crippen molar-refractivity contribution in [2.24, 2.45) is 29.1 Å². The standard InChI is InChI=1S/C19H21NO4/c1-2-24-14-6-4-3-5-13(14)20-17(21)15-11-7-8-12(16(15)18(22)23)19(11)9-10-19/h3-8,11-12,15-16H,2,9-10H2,1H3,(H,20,21)(H,22,23)/t11-,12+,15-,16-/m0/s1. The maximum atomic E-state index is 12.9. The molecular formula is C19H21NO4. The highest BCUT2D eigenvalue weighted by Crippen LogP contribution is 2.72. The van der Waals surface area contributed by atoms with E-state index in [4.69, 9.17) is 4.74 Å². The first kappa shape index (κ1) is 15.2. The van der Waals surface area contributed by atoms with Gasteiger partial charge in [-0.25, -0.2) is 0 Å². The lowest BCUT2D eigenvalue weighted by Gasteiger charge is -2.24. The summed E-state index contributed by atoms with van der Waals surface area (Å²) in [5.41, 5.74) is 0.634. The SMILES string of the molecule is CCOc1ccccc1NC(=O)[C@@H]1[C@@H](C(=O)O)[C@H]2C=C[C@@H]1C21CC1. The number of nitrogens with one attached hydrogen (secondary N) is 1. The Morgan fingerprint density at radius 2 is 1.88 bits per heavy atom. The van der Waals surface area contributed by atoms with Crippen molar-refractivity contribution in [3.63, 3.8) is 0 Å². The summed E-state index contributed by atoms with van der Waals surface area (Å²) in [7, 11) is 0. The summed E-state index contributed by atoms with van der Waals surface area (Å²) in [6.45, 7) is 2.39. The number of anilines is 1. The maximum Gasteiger partial charge on any atom is 0.307 e. The molecular weight excluding hydrogens is 306 g/mol. The van der Waals surface area contributed by atoms with E-state index in [9.17, 15) is 14.7 Å². The average molecular weight is 327 g/mol. The van der Waals surface area contributed by atoms with Crippen LogP contribution in [0.4, 0.5) is 5.69 Å². The van der Waals surface area contributed by atoms with Gasteiger partial charge in [-0.2, -0.15) is 0 Å². The Kier molecular flexibility index (Phi) is 3.41. The van der Waals surface area contributed by atoms with E-state index in [0.29, 0.717) is 18.0 Å². The van der Waals surface area contributed by atoms with Gasteiger partial charge in [0.25, 0.3) is 0 Å². The van der Waals surface area contributed by atoms with Crippen molar-refractivity contribution < 1.29 is 19.4 Å². The molecule has 0 aromatic heterocycles. The van der Waals surface area contributed by atoms with Crippen LogP contribution in [0.5, 0.6) is 5.75 Å². The minimum atomic E-state index is -0.864. The van der Waals surface area contributed by atoms with Gasteiger partial charge in [0.15, 0.2) is 0 Å². The third kappa shape index (κ3) is 2.07. The van der Waals surface area contributed by atoms with E-state index < -0.39 is 17.8 Å². The number of carboxylic acid groups (broad SMARTS) is 1. The highest BCUT2D eigenvalue weighted by molar-refractivity contribution is 5.97. The molecule has 126 valence electrons. The van der Waals surface area contributed by atoms with Crippen molar-refractivity contribution in [3.05, 3.63) is 36.4 Å². The van der Waals surface area contributed by atoms with E-state index in [1.54, 1.807) is 12.1 Å². The quantitative estimate of drug-likeness (QED) is 0.815. The first-order valence-corrected chi connectivity index (χ1v) is 8.52. The third-order valence-electron chi connectivity index (χ3n) is 5.87. The zero-order valence-electron chi connectivity index (χ0n) is 13.6. The Morgan fingerprint density at radius 3 is 2.50 bits per heavy atom. The minimum absolute atomic E-state index is 0.00196. The van der Waals surface area contributed by atoms with Crippen LogP contribution in [0.3, 0.4) is 0 Å². The van der Waals surface area contributed by atoms with Crippen LogP contribution >= 0.6 is 0 Å². The second-order valence-corrected chi connectivity index (χ2v) is 6.98. The molecule has 2 bridgehead atoms. The number of benzene rings is 1. The number of amides is 1. The first-order valence-electron chi connectivity index (χ1n) is 8.52. The topological polar surface area (TPSA) is 75.6 Å². The second kappa shape index (κ2) is 5.36. The molecule has 3 aliphatic rings. The molecule has 0 radical (unpaired) electrons. The van der Waals surface area contributed by atoms with E-state index in [1.807, 2.05) is 25.1 Å². The van der Waals surface area contributed by atoms with Crippen LogP contribution < -0.4 is 10.1 Å². The summed E-state index contributed by atoms with van der Waals surface area (Å²) in [6, 6.07) is 7.27. The zero-order chi connectivity index (χ0) is 16.9. The fourth-order valence-corrected chi connectivity index (χ4v) is 4.76. The molecule has 4 rings (SSSR count). The van der Waals surface area contributed by atoms with Gasteiger partial charge in [0.05, 0.1) is 24.1 Å². The Morgan fingerprint density at radius 1 is 1.21 bits per heavy atom. The number of carboxylic acids is 1. The lowest BCUT2D eigenvalue weighted by atomic mass is 9.82. The van der Waals surface area contributed by atoms with Gasteiger partial charge in [-0.05, 0) is 49.1 Å². The number of carbonyl (C=O) groups excluding carboxylic acids is 1. The number of ether oxygens (including phenoxy) is 1. The molecule has 4 atom stereocenters. The van der Waals surface area contributed by atoms with Crippen molar-refractivity contribution in [2.45, 2.75) is 19.8 Å². The van der Waals surface area contributed by atoms with Crippen LogP contribution in [0.15, 0.2) is 36.4 Å². The van der Waals surface area contributed by atoms with Gasteiger partial charge < -0.3 is 15.2 Å². The number of rotatable bonds is 5. The molecule has 1 aromatic rings. The van der Waals surface area contributed by atoms with Crippen molar-refractivity contribution in [3.8, 4) is 5.75 Å². The van der Waals surface area contributed by atoms with Crippen LogP contribution in [0.2, 0.25) is 0 Å². The minimum Gasteiger partial charge on any atom is -0.492 e. The van der Waals surface area contributed by atoms with Gasteiger partial charge in [0, 0.05) is 0 Å². The largest absolute Gasteiger partial charge is 0.492 e. The second-order valence-electron chi connectivity index (χ2n) is 6.98. The molecule has 1 amide bonds. The molecule has 1 spiro atoms. The van der Waals surface area contributed by atoms with E-state index in [1.165, 1.54) is 0 Å². The normalized spacial score (nSPS) is 31.2. The fraction of sp³-hybridized carbons (Fsp3) is 0.474. The molecule has 5 nitrogen and oxygen atoms in total. The van der Waals surface area contributed by atoms with E-state index in [2.05, 4.69) is 11.4 Å². The van der Waals surface area contributed by atoms with Crippen LogP contribution in [-0.4, -0.2) is 23.6 Å². The molecule has 2 saturated carbocycles. The monoisotopic (exact) mass is 327 g/mol. The summed E-state index contributed by atoms with van der Waals surface area (Å²) in [4.78, 5) is 24.7. The Balaban J connectivity index is 1.61. The number of aliphatic carboxylic acids is 1. The smallest absolute Gasteiger partial charge is 0.307 e. The van der Waals surface area contributed by atoms with Crippen LogP contribution in [0.25, 0.3) is 0 Å². The zero-order valence-corrected chi connectivity index (χ0v) is 13.6. The van der Waals surface area contributed by atoms with Crippen LogP contribution in [-0.2, 0) is 9.59 Å². The molecule has 1 aromatic carbocycles. The predicted octanol–water partition coefficient (Wildman–Crippen LogP) is 2.94. The van der Waals surface area contributed by atoms with Gasteiger partial charge in [0.1, 0.15) is 5.75 Å². The summed E-state index contributed by atoms with van der Waals surface area (Å²) in [5, 5.41) is 12.6. The molecule has 0 heterocycles. The molecule has 3 aliphatic carbocycles. The highest BCUT2D eigenvalue weighted by atomic mass is 16.5. The van der Waals surface area contributed by atoms with Gasteiger partial charge in [-0.1, -0.05) is 24.3 Å². The summed E-state index contributed by atoms with van der Waals surface area (Å²) in [5.74, 6) is -1.55. The van der Waals surface area contributed by atoms with Gasteiger partial charge in [-0.15, -0.1) is 0 Å². The summed E-state index contributed by atoms with van der Waals surface area (Å²) in [6.07, 6.45) is 6.14. The molecule has 2 N–H and O–H groups in total. The van der Waals surface area contributed by atoms with E-state index >= 15 is 0 Å². The highest BCUT2D eigenvalue weighted by Gasteiger charge is 2.70. The van der Waals surface area contributed by atoms with Crippen molar-refractivity contribution in [1.29, 1.82) is 0 Å². The maximum absolute atomic E-state index is 12.9. The van der Waals surface area contributed by atoms with Crippen molar-refractivity contribution >= 4 is 17.6 Å². The molecule has 0 aliphatic heterocycles. The Hall–Kier alpha value is -2.30. The van der Waals surface area contributed by atoms with Crippen LogP contribution in [0.1, 0.15) is 19.8 Å². The number of hydrogen-bond donors (Lipinski definition) is 2. The lowest BCUT2D eigenvalue weighted by Crippen LogP contribution is -2.36. The Labute approximate surface area is 140 Å². The number of carbonyl (C=O) groups is 2. The summed E-state index contributed by atoms with van der Waals surface area (Å²) >= 11 is 0. The number of para-hydroxylation sites is 2. The third-order valence-corrected chi connectivity index (χ3v) is 5.87. The van der Waals surface area contributed by atoms with Gasteiger partial charge in [-0.3, -0.25) is 9.59 Å². The van der Waals surface area contributed by atoms with E-state index in [-0.39, 0.29) is 23.2 Å². The van der Waals surface area contributed by atoms with E-state index in [0.717, 1.165) is 12.8 Å². The molecule has 5 heteroatoms. The fourth-order valence-electron chi connectivity index (χ4n) is 4.76. The molecule has 0 unspecified atom stereocenters. The number of allylic oxidation sites excluding steroid dienone is 2. The van der Waals surface area contributed by atoms with Gasteiger partial charge in [0.2, 0.25) is 5.91 Å². The predicted molar refractivity (Wildman–Crippen MR) is 88.6 cm³/mol. The lowest BCUT2D eigenvalue weighted by molar-refractivity contribution is -0.146. The molecule has 24 heavy (non-hydrogen) atoms. The molecule has 2 fully saturated rings. The molecule has 0 saturated heterocycles. The van der Waals surface area contributed by atoms with Crippen molar-refractivity contribution in [2.75, 3.05) is 11.9 Å². The Bertz CT molecular complexity index is 722. The summed E-state index contributed by atoms with van der Waals surface area (Å²) < 4.78 is 5.55. The van der Waals surface area contributed by atoms with Crippen LogP contribution in [0, 0.1) is 29.1 Å². The van der Waals surface area contributed by atoms with Gasteiger partial charge >= 0.3 is 5.97 Å². The average Bonchev–Trinajstić information content (AvgIpc) is 3.22. The first-order chi connectivity index (χ1) is 11.6. The number of hydrogen-bond acceptors (Lipinski definition) is 3. The van der Waals surface area contributed by atoms with Crippen molar-refractivity contribution in [1.82, 2.24) is 0 Å².